The number of nitrogens with one attached hydrogen (secondary N) is 1. The quantitative estimate of drug-likeness (QED) is 0.763. The number of piperidine rings is 1. The van der Waals surface area contributed by atoms with Crippen molar-refractivity contribution in [3.05, 3.63) is 29.8 Å². The molecule has 138 valence electrons. The van der Waals surface area contributed by atoms with Crippen LogP contribution >= 0.6 is 0 Å². The second-order valence-corrected chi connectivity index (χ2v) is 8.31. The average molecular weight is 367 g/mol. The van der Waals surface area contributed by atoms with Crippen LogP contribution in [-0.4, -0.2) is 57.1 Å². The van der Waals surface area contributed by atoms with Gasteiger partial charge in [-0.15, -0.1) is 0 Å². The zero-order valence-corrected chi connectivity index (χ0v) is 15.2. The van der Waals surface area contributed by atoms with Crippen LogP contribution in [0.3, 0.4) is 0 Å². The monoisotopic (exact) mass is 367 g/mol. The van der Waals surface area contributed by atoms with Crippen LogP contribution < -0.4 is 11.1 Å². The summed E-state index contributed by atoms with van der Waals surface area (Å²) in [5.41, 5.74) is 5.71. The lowest BCUT2D eigenvalue weighted by molar-refractivity contribution is -0.121. The standard InChI is InChI=1S/C17H25N3O4S/c1-25(23,24)15-7-4-5-13(11-15)17(22)20-10-3-2-6-14(20)12-19-16(21)8-9-18/h4-5,7,11,14H,2-3,6,8-10,12,18H2,1H3,(H,19,21). The molecule has 1 heterocycles. The number of hydrogen-bond donors (Lipinski definition) is 2. The van der Waals surface area contributed by atoms with Crippen molar-refractivity contribution in [3.8, 4) is 0 Å². The Bertz CT molecular complexity index is 733. The highest BCUT2D eigenvalue weighted by Gasteiger charge is 2.28. The largest absolute Gasteiger partial charge is 0.354 e. The van der Waals surface area contributed by atoms with E-state index in [4.69, 9.17) is 5.73 Å². The Morgan fingerprint density at radius 2 is 2.08 bits per heavy atom. The molecule has 1 saturated heterocycles. The van der Waals surface area contributed by atoms with E-state index in [1.165, 1.54) is 12.1 Å². The zero-order chi connectivity index (χ0) is 18.4. The summed E-state index contributed by atoms with van der Waals surface area (Å²) in [5.74, 6) is -0.331. The first-order valence-corrected chi connectivity index (χ1v) is 10.3. The molecule has 1 atom stereocenters. The van der Waals surface area contributed by atoms with Crippen molar-refractivity contribution >= 4 is 21.7 Å². The van der Waals surface area contributed by atoms with Gasteiger partial charge in [0, 0.05) is 43.9 Å². The maximum atomic E-state index is 12.9. The fourth-order valence-corrected chi connectivity index (χ4v) is 3.62. The van der Waals surface area contributed by atoms with Crippen molar-refractivity contribution in [2.45, 2.75) is 36.6 Å². The molecule has 0 radical (unpaired) electrons. The van der Waals surface area contributed by atoms with E-state index in [0.717, 1.165) is 25.5 Å². The molecule has 0 saturated carbocycles. The smallest absolute Gasteiger partial charge is 0.254 e. The topological polar surface area (TPSA) is 110 Å². The van der Waals surface area contributed by atoms with Crippen LogP contribution in [0, 0.1) is 0 Å². The minimum Gasteiger partial charge on any atom is -0.354 e. The van der Waals surface area contributed by atoms with Crippen molar-refractivity contribution in [2.24, 2.45) is 5.73 Å². The first-order chi connectivity index (χ1) is 11.8. The van der Waals surface area contributed by atoms with Crippen molar-refractivity contribution in [3.63, 3.8) is 0 Å². The summed E-state index contributed by atoms with van der Waals surface area (Å²) in [6.45, 7) is 1.27. The number of benzene rings is 1. The zero-order valence-electron chi connectivity index (χ0n) is 14.4. The summed E-state index contributed by atoms with van der Waals surface area (Å²) in [5, 5.41) is 2.82. The number of carbonyl (C=O) groups is 2. The molecule has 2 rings (SSSR count). The van der Waals surface area contributed by atoms with Crippen LogP contribution in [-0.2, 0) is 14.6 Å². The molecular weight excluding hydrogens is 342 g/mol. The van der Waals surface area contributed by atoms with Gasteiger partial charge in [0.05, 0.1) is 4.90 Å². The molecule has 0 aliphatic carbocycles. The first kappa shape index (κ1) is 19.4. The van der Waals surface area contributed by atoms with E-state index < -0.39 is 9.84 Å². The molecule has 25 heavy (non-hydrogen) atoms. The number of carbonyl (C=O) groups excluding carboxylic acids is 2. The SMILES string of the molecule is CS(=O)(=O)c1cccc(C(=O)N2CCCCC2CNC(=O)CCN)c1. The van der Waals surface area contributed by atoms with Gasteiger partial charge >= 0.3 is 0 Å². The number of nitrogens with two attached hydrogens (primary N) is 1. The highest BCUT2D eigenvalue weighted by Crippen LogP contribution is 2.21. The van der Waals surface area contributed by atoms with Crippen LogP contribution in [0.15, 0.2) is 29.2 Å². The average Bonchev–Trinajstić information content (AvgIpc) is 2.59. The minimum absolute atomic E-state index is 0.0927. The van der Waals surface area contributed by atoms with Crippen molar-refractivity contribution in [1.29, 1.82) is 0 Å². The van der Waals surface area contributed by atoms with Gasteiger partial charge in [-0.05, 0) is 37.5 Å². The summed E-state index contributed by atoms with van der Waals surface area (Å²) >= 11 is 0. The van der Waals surface area contributed by atoms with E-state index in [9.17, 15) is 18.0 Å². The van der Waals surface area contributed by atoms with Crippen LogP contribution in [0.5, 0.6) is 0 Å². The van der Waals surface area contributed by atoms with E-state index in [-0.39, 0.29) is 35.7 Å². The lowest BCUT2D eigenvalue weighted by Gasteiger charge is -2.36. The number of amides is 2. The Kier molecular flexibility index (Phi) is 6.55. The van der Waals surface area contributed by atoms with E-state index in [2.05, 4.69) is 5.32 Å². The van der Waals surface area contributed by atoms with E-state index in [1.807, 2.05) is 0 Å². The highest BCUT2D eigenvalue weighted by molar-refractivity contribution is 7.90. The normalized spacial score (nSPS) is 18.0. The number of rotatable bonds is 6. The predicted molar refractivity (Wildman–Crippen MR) is 94.9 cm³/mol. The predicted octanol–water partition coefficient (Wildman–Crippen LogP) is 0.550. The molecule has 7 nitrogen and oxygen atoms in total. The van der Waals surface area contributed by atoms with E-state index >= 15 is 0 Å². The van der Waals surface area contributed by atoms with Gasteiger partial charge in [0.2, 0.25) is 5.91 Å². The molecule has 1 unspecified atom stereocenters. The Labute approximate surface area is 148 Å². The Morgan fingerprint density at radius 1 is 1.32 bits per heavy atom. The van der Waals surface area contributed by atoms with Crippen molar-refractivity contribution < 1.29 is 18.0 Å². The minimum atomic E-state index is -3.37. The molecular formula is C17H25N3O4S. The fraction of sp³-hybridized carbons (Fsp3) is 0.529. The second kappa shape index (κ2) is 8.44. The maximum Gasteiger partial charge on any atom is 0.254 e. The van der Waals surface area contributed by atoms with Gasteiger partial charge in [-0.25, -0.2) is 8.42 Å². The maximum absolute atomic E-state index is 12.9. The van der Waals surface area contributed by atoms with Crippen LogP contribution in [0.4, 0.5) is 0 Å². The Hall–Kier alpha value is -1.93. The molecule has 1 aromatic carbocycles. The third kappa shape index (κ3) is 5.27. The van der Waals surface area contributed by atoms with E-state index in [1.54, 1.807) is 17.0 Å². The number of hydrogen-bond acceptors (Lipinski definition) is 5. The van der Waals surface area contributed by atoms with Crippen molar-refractivity contribution in [2.75, 3.05) is 25.9 Å². The molecule has 1 fully saturated rings. The summed E-state index contributed by atoms with van der Waals surface area (Å²) in [7, 11) is -3.37. The molecule has 1 aliphatic heterocycles. The summed E-state index contributed by atoms with van der Waals surface area (Å²) < 4.78 is 23.4. The Morgan fingerprint density at radius 3 is 2.76 bits per heavy atom. The van der Waals surface area contributed by atoms with Gasteiger partial charge in [0.15, 0.2) is 9.84 Å². The van der Waals surface area contributed by atoms with Crippen LogP contribution in [0.1, 0.15) is 36.0 Å². The molecule has 8 heteroatoms. The van der Waals surface area contributed by atoms with Gasteiger partial charge in [0.25, 0.3) is 5.91 Å². The molecule has 1 aromatic rings. The van der Waals surface area contributed by atoms with Crippen LogP contribution in [0.2, 0.25) is 0 Å². The molecule has 1 aliphatic rings. The Balaban J connectivity index is 2.13. The third-order valence-corrected chi connectivity index (χ3v) is 5.41. The lowest BCUT2D eigenvalue weighted by Crippen LogP contribution is -2.49. The second-order valence-electron chi connectivity index (χ2n) is 6.29. The van der Waals surface area contributed by atoms with Crippen LogP contribution in [0.25, 0.3) is 0 Å². The number of likely N-dealkylation sites (tertiary alicyclic amines) is 1. The summed E-state index contributed by atoms with van der Waals surface area (Å²) in [6.07, 6.45) is 4.07. The highest BCUT2D eigenvalue weighted by atomic mass is 32.2. The molecule has 3 N–H and O–H groups in total. The third-order valence-electron chi connectivity index (χ3n) is 4.30. The molecule has 0 bridgehead atoms. The van der Waals surface area contributed by atoms with Gasteiger partial charge in [-0.2, -0.15) is 0 Å². The van der Waals surface area contributed by atoms with Gasteiger partial charge < -0.3 is 16.0 Å². The van der Waals surface area contributed by atoms with E-state index in [0.29, 0.717) is 18.7 Å². The number of nitrogens with zero attached hydrogens (tertiary/aromatic N) is 1. The summed E-state index contributed by atoms with van der Waals surface area (Å²) in [6, 6.07) is 6.00. The number of sulfone groups is 1. The van der Waals surface area contributed by atoms with Gasteiger partial charge in [-0.3, -0.25) is 9.59 Å². The lowest BCUT2D eigenvalue weighted by atomic mass is 10.0. The first-order valence-electron chi connectivity index (χ1n) is 8.41. The molecule has 2 amide bonds. The molecule has 0 spiro atoms. The van der Waals surface area contributed by atoms with Crippen molar-refractivity contribution in [1.82, 2.24) is 10.2 Å². The van der Waals surface area contributed by atoms with Gasteiger partial charge in [-0.1, -0.05) is 6.07 Å². The fourth-order valence-electron chi connectivity index (χ4n) is 2.96. The van der Waals surface area contributed by atoms with Gasteiger partial charge in [0.1, 0.15) is 0 Å². The molecule has 0 aromatic heterocycles. The summed E-state index contributed by atoms with van der Waals surface area (Å²) in [4.78, 5) is 26.3.